The summed E-state index contributed by atoms with van der Waals surface area (Å²) in [6.07, 6.45) is 5.44. The van der Waals surface area contributed by atoms with Gasteiger partial charge in [-0.2, -0.15) is 5.10 Å². The van der Waals surface area contributed by atoms with Gasteiger partial charge in [0.1, 0.15) is 6.54 Å². The van der Waals surface area contributed by atoms with Gasteiger partial charge in [-0.05, 0) is 55.0 Å². The smallest absolute Gasteiger partial charge is 0.246 e. The fourth-order valence-electron chi connectivity index (χ4n) is 2.79. The van der Waals surface area contributed by atoms with Crippen molar-refractivity contribution in [3.8, 4) is 0 Å². The molecule has 2 aromatic heterocycles. The highest BCUT2D eigenvalue weighted by molar-refractivity contribution is 7.71. The third-order valence-electron chi connectivity index (χ3n) is 3.96. The number of nitrogens with zero attached hydrogens (tertiary/aromatic N) is 4. The lowest BCUT2D eigenvalue weighted by Gasteiger charge is -2.07. The van der Waals surface area contributed by atoms with Gasteiger partial charge in [0.15, 0.2) is 5.82 Å². The third-order valence-corrected chi connectivity index (χ3v) is 4.34. The zero-order chi connectivity index (χ0) is 20.1. The Morgan fingerprint density at radius 2 is 1.68 bits per heavy atom. The van der Waals surface area contributed by atoms with E-state index in [9.17, 15) is 9.59 Å². The lowest BCUT2D eigenvalue weighted by atomic mass is 10.2. The number of aromatic nitrogens is 4. The Labute approximate surface area is 167 Å². The van der Waals surface area contributed by atoms with Gasteiger partial charge in [0.2, 0.25) is 16.6 Å². The quantitative estimate of drug-likeness (QED) is 0.599. The fourth-order valence-corrected chi connectivity index (χ4v) is 3.10. The van der Waals surface area contributed by atoms with E-state index in [-0.39, 0.29) is 18.4 Å². The van der Waals surface area contributed by atoms with Crippen molar-refractivity contribution in [2.45, 2.75) is 33.2 Å². The molecule has 0 atom stereocenters. The molecule has 8 nitrogen and oxygen atoms in total. The average Bonchev–Trinajstić information content (AvgIpc) is 3.25. The Morgan fingerprint density at radius 3 is 2.25 bits per heavy atom. The first kappa shape index (κ1) is 19.6. The number of aryl methyl sites for hydroxylation is 1. The van der Waals surface area contributed by atoms with Crippen molar-refractivity contribution in [3.63, 3.8) is 0 Å². The summed E-state index contributed by atoms with van der Waals surface area (Å²) >= 11 is 5.54. The van der Waals surface area contributed by atoms with Crippen LogP contribution in [0, 0.1) is 4.77 Å². The first-order valence-corrected chi connectivity index (χ1v) is 9.38. The molecule has 3 rings (SSSR count). The van der Waals surface area contributed by atoms with Crippen molar-refractivity contribution in [2.75, 3.05) is 10.6 Å². The second kappa shape index (κ2) is 8.66. The van der Waals surface area contributed by atoms with Gasteiger partial charge in [-0.1, -0.05) is 6.92 Å². The number of amides is 2. The fraction of sp³-hybridized carbons (Fsp3) is 0.263. The highest BCUT2D eigenvalue weighted by atomic mass is 32.1. The van der Waals surface area contributed by atoms with Crippen LogP contribution in [0.5, 0.6) is 0 Å². The normalized spacial score (nSPS) is 10.6. The zero-order valence-electron chi connectivity index (χ0n) is 15.8. The minimum atomic E-state index is -0.233. The van der Waals surface area contributed by atoms with Gasteiger partial charge in [-0.25, -0.2) is 9.36 Å². The van der Waals surface area contributed by atoms with E-state index in [0.717, 1.165) is 18.7 Å². The number of benzene rings is 1. The van der Waals surface area contributed by atoms with Gasteiger partial charge in [-0.15, -0.1) is 0 Å². The Kier molecular flexibility index (Phi) is 6.05. The van der Waals surface area contributed by atoms with Crippen molar-refractivity contribution in [1.82, 2.24) is 19.1 Å². The molecule has 2 heterocycles. The predicted octanol–water partition coefficient (Wildman–Crippen LogP) is 3.08. The number of carbonyl (C=O) groups is 2. The molecule has 146 valence electrons. The molecule has 2 N–H and O–H groups in total. The molecule has 28 heavy (non-hydrogen) atoms. The summed E-state index contributed by atoms with van der Waals surface area (Å²) in [4.78, 5) is 23.5. The average molecular weight is 398 g/mol. The Morgan fingerprint density at radius 1 is 1.07 bits per heavy atom. The molecule has 0 spiro atoms. The van der Waals surface area contributed by atoms with Crippen LogP contribution in [0.15, 0.2) is 48.8 Å². The van der Waals surface area contributed by atoms with Gasteiger partial charge >= 0.3 is 0 Å². The molecule has 0 unspecified atom stereocenters. The molecule has 0 aliphatic rings. The molecule has 1 aromatic carbocycles. The van der Waals surface area contributed by atoms with Crippen LogP contribution in [0.4, 0.5) is 11.4 Å². The van der Waals surface area contributed by atoms with Crippen LogP contribution in [-0.4, -0.2) is 30.9 Å². The summed E-state index contributed by atoms with van der Waals surface area (Å²) < 4.78 is 5.67. The van der Waals surface area contributed by atoms with E-state index in [0.29, 0.717) is 16.1 Å². The lowest BCUT2D eigenvalue weighted by Crippen LogP contribution is -2.20. The molecule has 0 aliphatic heterocycles. The van der Waals surface area contributed by atoms with Gasteiger partial charge < -0.3 is 10.6 Å². The van der Waals surface area contributed by atoms with E-state index in [1.165, 1.54) is 11.6 Å². The minimum absolute atomic E-state index is 0.0112. The van der Waals surface area contributed by atoms with E-state index in [2.05, 4.69) is 22.7 Å². The van der Waals surface area contributed by atoms with Crippen LogP contribution in [0.3, 0.4) is 0 Å². The number of anilines is 2. The van der Waals surface area contributed by atoms with Crippen molar-refractivity contribution >= 4 is 35.4 Å². The monoisotopic (exact) mass is 398 g/mol. The number of hydrogen-bond donors (Lipinski definition) is 2. The van der Waals surface area contributed by atoms with Crippen molar-refractivity contribution < 1.29 is 9.59 Å². The molecule has 0 saturated heterocycles. The molecule has 0 radical (unpaired) electrons. The SMILES string of the molecule is CCCc1nn(CC(=O)Nc2ccc(NC(C)=O)cc2)c(=S)n1-n1cccc1. The summed E-state index contributed by atoms with van der Waals surface area (Å²) in [5.41, 5.74) is 1.30. The number of rotatable bonds is 7. The number of hydrogen-bond acceptors (Lipinski definition) is 4. The Hall–Kier alpha value is -3.20. The third kappa shape index (κ3) is 4.55. The topological polar surface area (TPSA) is 85.9 Å². The van der Waals surface area contributed by atoms with Crippen LogP contribution in [0.2, 0.25) is 0 Å². The maximum absolute atomic E-state index is 12.5. The maximum Gasteiger partial charge on any atom is 0.246 e. The first-order chi connectivity index (χ1) is 13.5. The summed E-state index contributed by atoms with van der Waals surface area (Å²) in [7, 11) is 0. The van der Waals surface area contributed by atoms with Crippen molar-refractivity contribution in [3.05, 3.63) is 59.4 Å². The Balaban J connectivity index is 1.74. The molecule has 0 bridgehead atoms. The first-order valence-electron chi connectivity index (χ1n) is 8.98. The molecular formula is C19H22N6O2S. The van der Waals surface area contributed by atoms with Crippen molar-refractivity contribution in [2.24, 2.45) is 0 Å². The summed E-state index contributed by atoms with van der Waals surface area (Å²) in [5.74, 6) is 0.423. The largest absolute Gasteiger partial charge is 0.326 e. The highest BCUT2D eigenvalue weighted by Gasteiger charge is 2.14. The number of carbonyl (C=O) groups excluding carboxylic acids is 2. The van der Waals surface area contributed by atoms with Gasteiger partial charge in [-0.3, -0.25) is 14.3 Å². The standard InChI is InChI=1S/C19H22N6O2S/c1-3-6-17-22-24(19(28)25(17)23-11-4-5-12-23)13-18(27)21-16-9-7-15(8-10-16)20-14(2)26/h4-5,7-12H,3,6,13H2,1-2H3,(H,20,26)(H,21,27). The molecule has 0 fully saturated rings. The molecular weight excluding hydrogens is 376 g/mol. The van der Waals surface area contributed by atoms with E-state index in [1.54, 1.807) is 24.3 Å². The highest BCUT2D eigenvalue weighted by Crippen LogP contribution is 2.14. The predicted molar refractivity (Wildman–Crippen MR) is 110 cm³/mol. The zero-order valence-corrected chi connectivity index (χ0v) is 16.6. The summed E-state index contributed by atoms with van der Waals surface area (Å²) in [5, 5.41) is 10.0. The summed E-state index contributed by atoms with van der Waals surface area (Å²) in [6.45, 7) is 3.52. The van der Waals surface area contributed by atoms with Crippen LogP contribution in [0.25, 0.3) is 0 Å². The number of nitrogens with one attached hydrogen (secondary N) is 2. The van der Waals surface area contributed by atoms with E-state index >= 15 is 0 Å². The van der Waals surface area contributed by atoms with E-state index < -0.39 is 0 Å². The van der Waals surface area contributed by atoms with Gasteiger partial charge in [0, 0.05) is 37.1 Å². The molecule has 9 heteroatoms. The molecule has 3 aromatic rings. The lowest BCUT2D eigenvalue weighted by molar-refractivity contribution is -0.117. The van der Waals surface area contributed by atoms with Crippen LogP contribution in [0.1, 0.15) is 26.1 Å². The van der Waals surface area contributed by atoms with Crippen LogP contribution in [-0.2, 0) is 22.6 Å². The molecule has 2 amide bonds. The Bertz CT molecular complexity index is 1020. The molecule has 0 saturated carbocycles. The van der Waals surface area contributed by atoms with Crippen molar-refractivity contribution in [1.29, 1.82) is 0 Å². The van der Waals surface area contributed by atoms with Gasteiger partial charge in [0.05, 0.1) is 0 Å². The van der Waals surface area contributed by atoms with Gasteiger partial charge in [0.25, 0.3) is 0 Å². The molecule has 0 aliphatic carbocycles. The summed E-state index contributed by atoms with van der Waals surface area (Å²) in [6, 6.07) is 10.7. The second-order valence-electron chi connectivity index (χ2n) is 6.29. The second-order valence-corrected chi connectivity index (χ2v) is 6.65. The van der Waals surface area contributed by atoms with E-state index in [1.807, 2.05) is 33.9 Å². The van der Waals surface area contributed by atoms with Crippen LogP contribution >= 0.6 is 12.2 Å². The van der Waals surface area contributed by atoms with Crippen LogP contribution < -0.4 is 10.6 Å². The maximum atomic E-state index is 12.5. The van der Waals surface area contributed by atoms with E-state index in [4.69, 9.17) is 12.2 Å². The minimum Gasteiger partial charge on any atom is -0.326 e.